The molecule has 0 bridgehead atoms. The first kappa shape index (κ1) is 22.2. The fourth-order valence-electron chi connectivity index (χ4n) is 3.08. The Kier molecular flexibility index (Phi) is 11.1. The van der Waals surface area contributed by atoms with Crippen LogP contribution in [0.4, 0.5) is 0 Å². The van der Waals surface area contributed by atoms with E-state index in [1.807, 2.05) is 30.2 Å². The number of hydrogen-bond donors (Lipinski definition) is 2. The zero-order valence-corrected chi connectivity index (χ0v) is 18.3. The molecule has 1 fully saturated rings. The van der Waals surface area contributed by atoms with Gasteiger partial charge in [0.15, 0.2) is 5.96 Å². The summed E-state index contributed by atoms with van der Waals surface area (Å²) in [6.07, 6.45) is 7.70. The van der Waals surface area contributed by atoms with E-state index in [-0.39, 0.29) is 24.0 Å². The molecule has 0 aliphatic carbocycles. The number of piperidine rings is 1. The maximum Gasteiger partial charge on any atom is 0.190 e. The van der Waals surface area contributed by atoms with E-state index < -0.39 is 0 Å². The van der Waals surface area contributed by atoms with Crippen molar-refractivity contribution in [3.8, 4) is 0 Å². The Bertz CT molecular complexity index is 468. The van der Waals surface area contributed by atoms with Crippen molar-refractivity contribution in [1.82, 2.24) is 25.3 Å². The van der Waals surface area contributed by atoms with Crippen molar-refractivity contribution in [2.24, 2.45) is 16.8 Å². The van der Waals surface area contributed by atoms with Gasteiger partial charge in [-0.2, -0.15) is 5.10 Å². The van der Waals surface area contributed by atoms with Crippen LogP contribution in [0, 0.1) is 11.8 Å². The molecule has 1 unspecified atom stereocenters. The second-order valence-electron chi connectivity index (χ2n) is 7.09. The highest BCUT2D eigenvalue weighted by atomic mass is 127. The Morgan fingerprint density at radius 3 is 2.72 bits per heavy atom. The molecule has 0 aromatic carbocycles. The number of nitrogens with one attached hydrogen (secondary N) is 2. The van der Waals surface area contributed by atoms with E-state index in [2.05, 4.69) is 39.5 Å². The monoisotopic (exact) mass is 462 g/mol. The SMILES string of the molecule is CN=C(NCCCN1CCC(C)CC1)NCC(C)Cn1cccn1.I. The third-order valence-corrected chi connectivity index (χ3v) is 4.72. The van der Waals surface area contributed by atoms with Gasteiger partial charge in [0.1, 0.15) is 0 Å². The van der Waals surface area contributed by atoms with Crippen LogP contribution in [0.5, 0.6) is 0 Å². The Hall–Kier alpha value is -0.830. The molecule has 2 rings (SSSR count). The lowest BCUT2D eigenvalue weighted by molar-refractivity contribution is 0.191. The number of likely N-dealkylation sites (tertiary alicyclic amines) is 1. The van der Waals surface area contributed by atoms with Crippen LogP contribution in [-0.4, -0.2) is 60.4 Å². The number of nitrogens with zero attached hydrogens (tertiary/aromatic N) is 4. The van der Waals surface area contributed by atoms with Crippen LogP contribution in [0.2, 0.25) is 0 Å². The number of hydrogen-bond acceptors (Lipinski definition) is 3. The molecule has 1 aliphatic heterocycles. The quantitative estimate of drug-likeness (QED) is 0.270. The minimum Gasteiger partial charge on any atom is -0.356 e. The molecule has 25 heavy (non-hydrogen) atoms. The van der Waals surface area contributed by atoms with Gasteiger partial charge in [-0.15, -0.1) is 24.0 Å². The predicted molar refractivity (Wildman–Crippen MR) is 116 cm³/mol. The number of halogens is 1. The van der Waals surface area contributed by atoms with Gasteiger partial charge in [0.05, 0.1) is 0 Å². The third-order valence-electron chi connectivity index (χ3n) is 4.72. The lowest BCUT2D eigenvalue weighted by atomic mass is 9.99. The zero-order valence-electron chi connectivity index (χ0n) is 15.9. The number of rotatable bonds is 8. The van der Waals surface area contributed by atoms with E-state index in [1.165, 1.54) is 32.5 Å². The summed E-state index contributed by atoms with van der Waals surface area (Å²) in [5.74, 6) is 2.31. The normalized spacial score (nSPS) is 17.8. The Labute approximate surface area is 169 Å². The lowest BCUT2D eigenvalue weighted by Gasteiger charge is -2.30. The molecule has 1 saturated heterocycles. The molecule has 1 atom stereocenters. The second-order valence-corrected chi connectivity index (χ2v) is 7.09. The topological polar surface area (TPSA) is 57.5 Å². The first-order valence-corrected chi connectivity index (χ1v) is 9.31. The van der Waals surface area contributed by atoms with Crippen molar-refractivity contribution in [2.45, 2.75) is 39.7 Å². The zero-order chi connectivity index (χ0) is 17.2. The standard InChI is InChI=1S/C18H34N6.HI/c1-16-6-12-23(13-7-16)10-4-8-20-18(19-3)21-14-17(2)15-24-11-5-9-22-24;/h5,9,11,16-17H,4,6-8,10,12-15H2,1-3H3,(H2,19,20,21);1H. The fraction of sp³-hybridized carbons (Fsp3) is 0.778. The molecule has 2 N–H and O–H groups in total. The first-order chi connectivity index (χ1) is 11.7. The van der Waals surface area contributed by atoms with Gasteiger partial charge in [-0.3, -0.25) is 9.67 Å². The summed E-state index contributed by atoms with van der Waals surface area (Å²) in [6.45, 7) is 11.1. The Morgan fingerprint density at radius 1 is 1.32 bits per heavy atom. The van der Waals surface area contributed by atoms with Gasteiger partial charge in [-0.25, -0.2) is 0 Å². The van der Waals surface area contributed by atoms with Crippen LogP contribution in [-0.2, 0) is 6.54 Å². The summed E-state index contributed by atoms with van der Waals surface area (Å²) in [5, 5.41) is 11.1. The van der Waals surface area contributed by atoms with Crippen molar-refractivity contribution in [1.29, 1.82) is 0 Å². The van der Waals surface area contributed by atoms with Crippen LogP contribution in [0.15, 0.2) is 23.5 Å². The predicted octanol–water partition coefficient (Wildman–Crippen LogP) is 2.42. The Morgan fingerprint density at radius 2 is 2.08 bits per heavy atom. The highest BCUT2D eigenvalue weighted by molar-refractivity contribution is 14.0. The van der Waals surface area contributed by atoms with Gasteiger partial charge in [0, 0.05) is 39.1 Å². The van der Waals surface area contributed by atoms with Gasteiger partial charge in [0.25, 0.3) is 0 Å². The largest absolute Gasteiger partial charge is 0.356 e. The van der Waals surface area contributed by atoms with E-state index in [9.17, 15) is 0 Å². The van der Waals surface area contributed by atoms with E-state index in [1.54, 1.807) is 0 Å². The molecule has 2 heterocycles. The molecular weight excluding hydrogens is 427 g/mol. The molecule has 0 radical (unpaired) electrons. The molecule has 0 amide bonds. The smallest absolute Gasteiger partial charge is 0.190 e. The highest BCUT2D eigenvalue weighted by Gasteiger charge is 2.14. The summed E-state index contributed by atoms with van der Waals surface area (Å²) < 4.78 is 1.97. The van der Waals surface area contributed by atoms with Crippen molar-refractivity contribution < 1.29 is 0 Å². The molecule has 144 valence electrons. The molecule has 1 aromatic rings. The number of guanidine groups is 1. The second kappa shape index (κ2) is 12.5. The minimum absolute atomic E-state index is 0. The molecule has 1 aliphatic rings. The van der Waals surface area contributed by atoms with Crippen molar-refractivity contribution in [3.63, 3.8) is 0 Å². The van der Waals surface area contributed by atoms with Gasteiger partial charge < -0.3 is 15.5 Å². The number of aliphatic imine (C=N–C) groups is 1. The maximum atomic E-state index is 4.31. The van der Waals surface area contributed by atoms with Crippen molar-refractivity contribution in [3.05, 3.63) is 18.5 Å². The van der Waals surface area contributed by atoms with Crippen LogP contribution >= 0.6 is 24.0 Å². The molecule has 0 saturated carbocycles. The van der Waals surface area contributed by atoms with Gasteiger partial charge in [0.2, 0.25) is 0 Å². The van der Waals surface area contributed by atoms with Crippen molar-refractivity contribution in [2.75, 3.05) is 39.8 Å². The minimum atomic E-state index is 0. The highest BCUT2D eigenvalue weighted by Crippen LogP contribution is 2.15. The summed E-state index contributed by atoms with van der Waals surface area (Å²) in [7, 11) is 1.83. The fourth-order valence-corrected chi connectivity index (χ4v) is 3.08. The van der Waals surface area contributed by atoms with Crippen LogP contribution < -0.4 is 10.6 Å². The van der Waals surface area contributed by atoms with Crippen molar-refractivity contribution >= 4 is 29.9 Å². The van der Waals surface area contributed by atoms with E-state index in [4.69, 9.17) is 0 Å². The summed E-state index contributed by atoms with van der Waals surface area (Å²) in [5.41, 5.74) is 0. The number of aromatic nitrogens is 2. The van der Waals surface area contributed by atoms with Gasteiger partial charge in [-0.1, -0.05) is 13.8 Å². The van der Waals surface area contributed by atoms with Crippen LogP contribution in [0.25, 0.3) is 0 Å². The first-order valence-electron chi connectivity index (χ1n) is 9.31. The molecule has 6 nitrogen and oxygen atoms in total. The summed E-state index contributed by atoms with van der Waals surface area (Å²) in [6, 6.07) is 1.96. The molecule has 1 aromatic heterocycles. The van der Waals surface area contributed by atoms with Crippen LogP contribution in [0.1, 0.15) is 33.1 Å². The van der Waals surface area contributed by atoms with E-state index in [0.717, 1.165) is 37.9 Å². The molecule has 7 heteroatoms. The van der Waals surface area contributed by atoms with Gasteiger partial charge >= 0.3 is 0 Å². The van der Waals surface area contributed by atoms with Crippen LogP contribution in [0.3, 0.4) is 0 Å². The van der Waals surface area contributed by atoms with E-state index >= 15 is 0 Å². The average Bonchev–Trinajstić information content (AvgIpc) is 3.08. The Balaban J connectivity index is 0.00000312. The molecular formula is C18H35IN6. The van der Waals surface area contributed by atoms with Gasteiger partial charge in [-0.05, 0) is 56.8 Å². The lowest BCUT2D eigenvalue weighted by Crippen LogP contribution is -2.41. The average molecular weight is 462 g/mol. The van der Waals surface area contributed by atoms with E-state index in [0.29, 0.717) is 5.92 Å². The third kappa shape index (κ3) is 8.89. The summed E-state index contributed by atoms with van der Waals surface area (Å²) >= 11 is 0. The summed E-state index contributed by atoms with van der Waals surface area (Å²) in [4.78, 5) is 6.90. The maximum absolute atomic E-state index is 4.31. The molecule has 0 spiro atoms.